The summed E-state index contributed by atoms with van der Waals surface area (Å²) in [5, 5.41) is 3.48. The van der Waals surface area contributed by atoms with Crippen LogP contribution in [0.1, 0.15) is 24.2 Å². The number of imidazole rings is 1. The number of nitrogens with zero attached hydrogens (tertiary/aromatic N) is 2. The van der Waals surface area contributed by atoms with Gasteiger partial charge in [-0.25, -0.2) is 4.98 Å². The second-order valence-electron chi connectivity index (χ2n) is 4.37. The zero-order valence-electron chi connectivity index (χ0n) is 11.1. The number of hydrogen-bond donors (Lipinski definition) is 1. The standard InChI is InChI=1S/C14H19N3O/c1-11(12-4-6-14(18-3)7-5-12)16-9-13-8-15-10-17(13)2/h4-8,10-11,16H,9H2,1-3H3/t11-/m0/s1. The molecule has 2 aromatic rings. The lowest BCUT2D eigenvalue weighted by Crippen LogP contribution is -2.19. The maximum atomic E-state index is 5.15. The molecule has 0 amide bonds. The van der Waals surface area contributed by atoms with Gasteiger partial charge in [-0.15, -0.1) is 0 Å². The highest BCUT2D eigenvalue weighted by Gasteiger charge is 2.06. The van der Waals surface area contributed by atoms with E-state index in [-0.39, 0.29) is 0 Å². The van der Waals surface area contributed by atoms with E-state index in [1.165, 1.54) is 11.3 Å². The first-order chi connectivity index (χ1) is 8.70. The summed E-state index contributed by atoms with van der Waals surface area (Å²) in [6.07, 6.45) is 3.70. The van der Waals surface area contributed by atoms with Crippen LogP contribution in [-0.2, 0) is 13.6 Å². The number of nitrogens with one attached hydrogen (secondary N) is 1. The first-order valence-electron chi connectivity index (χ1n) is 6.03. The smallest absolute Gasteiger partial charge is 0.118 e. The van der Waals surface area contributed by atoms with E-state index < -0.39 is 0 Å². The molecule has 96 valence electrons. The third kappa shape index (κ3) is 2.90. The normalized spacial score (nSPS) is 12.4. The summed E-state index contributed by atoms with van der Waals surface area (Å²) in [7, 11) is 3.68. The van der Waals surface area contributed by atoms with Crippen LogP contribution in [-0.4, -0.2) is 16.7 Å². The van der Waals surface area contributed by atoms with Gasteiger partial charge in [-0.3, -0.25) is 0 Å². The van der Waals surface area contributed by atoms with E-state index in [9.17, 15) is 0 Å². The van der Waals surface area contributed by atoms with Crippen LogP contribution in [0.15, 0.2) is 36.8 Å². The fourth-order valence-corrected chi connectivity index (χ4v) is 1.82. The Bertz CT molecular complexity index is 490. The second kappa shape index (κ2) is 5.69. The summed E-state index contributed by atoms with van der Waals surface area (Å²) < 4.78 is 7.17. The molecule has 0 fully saturated rings. The fourth-order valence-electron chi connectivity index (χ4n) is 1.82. The van der Waals surface area contributed by atoms with E-state index in [4.69, 9.17) is 4.74 Å². The molecule has 18 heavy (non-hydrogen) atoms. The van der Waals surface area contributed by atoms with Crippen LogP contribution in [0.5, 0.6) is 5.75 Å². The van der Waals surface area contributed by atoms with E-state index in [2.05, 4.69) is 29.4 Å². The van der Waals surface area contributed by atoms with E-state index in [0.29, 0.717) is 6.04 Å². The molecule has 0 aliphatic carbocycles. The van der Waals surface area contributed by atoms with Gasteiger partial charge in [0.15, 0.2) is 0 Å². The van der Waals surface area contributed by atoms with Crippen LogP contribution < -0.4 is 10.1 Å². The lowest BCUT2D eigenvalue weighted by Gasteiger charge is -2.14. The highest BCUT2D eigenvalue weighted by atomic mass is 16.5. The van der Waals surface area contributed by atoms with Crippen molar-refractivity contribution in [1.29, 1.82) is 0 Å². The van der Waals surface area contributed by atoms with Crippen molar-refractivity contribution < 1.29 is 4.74 Å². The van der Waals surface area contributed by atoms with Crippen LogP contribution in [0, 0.1) is 0 Å². The van der Waals surface area contributed by atoms with Crippen molar-refractivity contribution in [2.75, 3.05) is 7.11 Å². The number of aromatic nitrogens is 2. The Labute approximate surface area is 108 Å². The van der Waals surface area contributed by atoms with Gasteiger partial charge in [0.1, 0.15) is 5.75 Å². The number of hydrogen-bond acceptors (Lipinski definition) is 3. The minimum atomic E-state index is 0.297. The molecule has 0 radical (unpaired) electrons. The molecule has 0 unspecified atom stereocenters. The third-order valence-corrected chi connectivity index (χ3v) is 3.12. The molecule has 4 nitrogen and oxygen atoms in total. The van der Waals surface area contributed by atoms with Crippen LogP contribution >= 0.6 is 0 Å². The lowest BCUT2D eigenvalue weighted by molar-refractivity contribution is 0.414. The zero-order valence-corrected chi connectivity index (χ0v) is 11.1. The van der Waals surface area contributed by atoms with Crippen molar-refractivity contribution in [2.24, 2.45) is 7.05 Å². The first kappa shape index (κ1) is 12.6. The number of ether oxygens (including phenoxy) is 1. The molecular weight excluding hydrogens is 226 g/mol. The summed E-state index contributed by atoms with van der Waals surface area (Å²) in [6, 6.07) is 8.43. The van der Waals surface area contributed by atoms with E-state index in [0.717, 1.165) is 12.3 Å². The van der Waals surface area contributed by atoms with Gasteiger partial charge < -0.3 is 14.6 Å². The maximum Gasteiger partial charge on any atom is 0.118 e. The summed E-state index contributed by atoms with van der Waals surface area (Å²) in [5.74, 6) is 0.887. The van der Waals surface area contributed by atoms with Gasteiger partial charge >= 0.3 is 0 Å². The van der Waals surface area contributed by atoms with Crippen molar-refractivity contribution in [3.05, 3.63) is 48.0 Å². The summed E-state index contributed by atoms with van der Waals surface area (Å²) in [5.41, 5.74) is 2.42. The molecule has 4 heteroatoms. The molecule has 1 heterocycles. The number of aryl methyl sites for hydroxylation is 1. The third-order valence-electron chi connectivity index (χ3n) is 3.12. The SMILES string of the molecule is COc1ccc([C@H](C)NCc2cncn2C)cc1. The Morgan fingerprint density at radius 1 is 1.33 bits per heavy atom. The van der Waals surface area contributed by atoms with Gasteiger partial charge in [-0.2, -0.15) is 0 Å². The van der Waals surface area contributed by atoms with Crippen molar-refractivity contribution in [2.45, 2.75) is 19.5 Å². The second-order valence-corrected chi connectivity index (χ2v) is 4.37. The van der Waals surface area contributed by atoms with Crippen LogP contribution in [0.2, 0.25) is 0 Å². The number of benzene rings is 1. The van der Waals surface area contributed by atoms with Gasteiger partial charge in [0.25, 0.3) is 0 Å². The van der Waals surface area contributed by atoms with Crippen molar-refractivity contribution >= 4 is 0 Å². The van der Waals surface area contributed by atoms with Gasteiger partial charge in [0.2, 0.25) is 0 Å². The van der Waals surface area contributed by atoms with E-state index in [1.54, 1.807) is 7.11 Å². The van der Waals surface area contributed by atoms with Gasteiger partial charge in [0, 0.05) is 25.8 Å². The highest BCUT2D eigenvalue weighted by molar-refractivity contribution is 5.28. The van der Waals surface area contributed by atoms with Crippen LogP contribution in [0.3, 0.4) is 0 Å². The molecule has 1 atom stereocenters. The van der Waals surface area contributed by atoms with Gasteiger partial charge in [-0.1, -0.05) is 12.1 Å². The average Bonchev–Trinajstić information content (AvgIpc) is 2.81. The molecule has 0 aliphatic heterocycles. The molecule has 1 N–H and O–H groups in total. The van der Waals surface area contributed by atoms with Gasteiger partial charge in [0.05, 0.1) is 19.1 Å². The highest BCUT2D eigenvalue weighted by Crippen LogP contribution is 2.17. The Kier molecular flexibility index (Phi) is 3.99. The lowest BCUT2D eigenvalue weighted by atomic mass is 10.1. The van der Waals surface area contributed by atoms with E-state index in [1.807, 2.05) is 36.3 Å². The molecule has 0 aliphatic rings. The molecule has 1 aromatic heterocycles. The summed E-state index contributed by atoms with van der Waals surface area (Å²) >= 11 is 0. The Balaban J connectivity index is 1.94. The number of methoxy groups -OCH3 is 1. The molecule has 0 spiro atoms. The van der Waals surface area contributed by atoms with Crippen molar-refractivity contribution in [1.82, 2.24) is 14.9 Å². The molecule has 0 bridgehead atoms. The quantitative estimate of drug-likeness (QED) is 0.878. The fraction of sp³-hybridized carbons (Fsp3) is 0.357. The van der Waals surface area contributed by atoms with Crippen LogP contribution in [0.4, 0.5) is 0 Å². The van der Waals surface area contributed by atoms with Crippen molar-refractivity contribution in [3.63, 3.8) is 0 Å². The molecule has 2 rings (SSSR count). The summed E-state index contributed by atoms with van der Waals surface area (Å²) in [4.78, 5) is 4.10. The Morgan fingerprint density at radius 2 is 2.06 bits per heavy atom. The van der Waals surface area contributed by atoms with Crippen LogP contribution in [0.25, 0.3) is 0 Å². The predicted octanol–water partition coefficient (Wildman–Crippen LogP) is 2.28. The maximum absolute atomic E-state index is 5.15. The van der Waals surface area contributed by atoms with Crippen molar-refractivity contribution in [3.8, 4) is 5.75 Å². The topological polar surface area (TPSA) is 39.1 Å². The molecule has 0 saturated carbocycles. The predicted molar refractivity (Wildman–Crippen MR) is 71.5 cm³/mol. The monoisotopic (exact) mass is 245 g/mol. The minimum absolute atomic E-state index is 0.297. The summed E-state index contributed by atoms with van der Waals surface area (Å²) in [6.45, 7) is 2.96. The molecule has 1 aromatic carbocycles. The number of rotatable bonds is 5. The first-order valence-corrected chi connectivity index (χ1v) is 6.03. The zero-order chi connectivity index (χ0) is 13.0. The minimum Gasteiger partial charge on any atom is -0.497 e. The van der Waals surface area contributed by atoms with E-state index >= 15 is 0 Å². The molecule has 0 saturated heterocycles. The molecular formula is C14H19N3O. The largest absolute Gasteiger partial charge is 0.497 e. The van der Waals surface area contributed by atoms with Gasteiger partial charge in [-0.05, 0) is 24.6 Å². The Morgan fingerprint density at radius 3 is 2.61 bits per heavy atom. The Hall–Kier alpha value is -1.81. The average molecular weight is 245 g/mol.